The molecule has 0 saturated carbocycles. The second kappa shape index (κ2) is 9.56. The topological polar surface area (TPSA) is 119 Å². The van der Waals surface area contributed by atoms with E-state index in [1.807, 2.05) is 52.0 Å². The van der Waals surface area contributed by atoms with Crippen LogP contribution in [0.5, 0.6) is 0 Å². The van der Waals surface area contributed by atoms with Gasteiger partial charge < -0.3 is 21.1 Å². The average molecular weight is 420 g/mol. The minimum Gasteiger partial charge on any atom is -0.444 e. The molecule has 1 aromatic heterocycles. The van der Waals surface area contributed by atoms with Crippen molar-refractivity contribution in [1.82, 2.24) is 15.3 Å². The van der Waals surface area contributed by atoms with Crippen LogP contribution in [0.4, 0.5) is 16.3 Å². The van der Waals surface area contributed by atoms with Gasteiger partial charge in [-0.15, -0.1) is 0 Å². The van der Waals surface area contributed by atoms with Crippen LogP contribution in [0.25, 0.3) is 0 Å². The third-order valence-corrected chi connectivity index (χ3v) is 4.06. The SMILES string of the molecule is CCc1nc(C(N)=O)c(Nc2cccc(CCNC(=O)OC(C)(C)C)c2)nc1Cl. The van der Waals surface area contributed by atoms with Gasteiger partial charge in [0.2, 0.25) is 0 Å². The Kier molecular flexibility index (Phi) is 7.39. The molecule has 0 atom stereocenters. The lowest BCUT2D eigenvalue weighted by Gasteiger charge is -2.19. The molecule has 0 saturated heterocycles. The summed E-state index contributed by atoms with van der Waals surface area (Å²) in [6.45, 7) is 7.71. The Morgan fingerprint density at radius 1 is 1.24 bits per heavy atom. The molecular weight excluding hydrogens is 394 g/mol. The van der Waals surface area contributed by atoms with Crippen molar-refractivity contribution in [3.05, 3.63) is 46.4 Å². The molecule has 0 aliphatic heterocycles. The molecule has 0 spiro atoms. The minimum atomic E-state index is -0.691. The lowest BCUT2D eigenvalue weighted by Crippen LogP contribution is -2.33. The van der Waals surface area contributed by atoms with Crippen LogP contribution in [0.3, 0.4) is 0 Å². The van der Waals surface area contributed by atoms with Crippen LogP contribution < -0.4 is 16.4 Å². The molecule has 9 heteroatoms. The molecule has 2 aromatic rings. The molecular formula is C20H26ClN5O3. The standard InChI is InChI=1S/C20H26ClN5O3/c1-5-14-16(21)26-18(15(25-14)17(22)27)24-13-8-6-7-12(11-13)9-10-23-19(28)29-20(2,3)4/h6-8,11H,5,9-10H2,1-4H3,(H2,22,27)(H,23,28)(H,24,26). The number of ether oxygens (including phenoxy) is 1. The summed E-state index contributed by atoms with van der Waals surface area (Å²) in [5.41, 5.74) is 7.09. The number of benzene rings is 1. The minimum absolute atomic E-state index is 0.0308. The van der Waals surface area contributed by atoms with Crippen molar-refractivity contribution in [2.24, 2.45) is 5.73 Å². The fourth-order valence-electron chi connectivity index (χ4n) is 2.50. The molecule has 0 aliphatic rings. The van der Waals surface area contributed by atoms with Crippen molar-refractivity contribution in [1.29, 1.82) is 0 Å². The number of hydrogen-bond donors (Lipinski definition) is 3. The molecule has 2 amide bonds. The zero-order chi connectivity index (χ0) is 21.6. The first-order chi connectivity index (χ1) is 13.6. The number of carbonyl (C=O) groups is 2. The van der Waals surface area contributed by atoms with Gasteiger partial charge >= 0.3 is 6.09 Å². The van der Waals surface area contributed by atoms with Crippen molar-refractivity contribution in [2.75, 3.05) is 11.9 Å². The van der Waals surface area contributed by atoms with Gasteiger partial charge in [-0.1, -0.05) is 30.7 Å². The van der Waals surface area contributed by atoms with E-state index < -0.39 is 17.6 Å². The molecule has 4 N–H and O–H groups in total. The van der Waals surface area contributed by atoms with Crippen LogP contribution in [0, 0.1) is 0 Å². The summed E-state index contributed by atoms with van der Waals surface area (Å²) in [4.78, 5) is 31.9. The van der Waals surface area contributed by atoms with Gasteiger partial charge in [-0.3, -0.25) is 4.79 Å². The predicted octanol–water partition coefficient (Wildman–Crippen LogP) is 3.60. The first-order valence-electron chi connectivity index (χ1n) is 9.28. The second-order valence-electron chi connectivity index (χ2n) is 7.38. The summed E-state index contributed by atoms with van der Waals surface area (Å²) in [6, 6.07) is 7.48. The summed E-state index contributed by atoms with van der Waals surface area (Å²) in [5.74, 6) is -0.493. The van der Waals surface area contributed by atoms with Crippen LogP contribution in [0.15, 0.2) is 24.3 Å². The lowest BCUT2D eigenvalue weighted by atomic mass is 10.1. The monoisotopic (exact) mass is 419 g/mol. The van der Waals surface area contributed by atoms with Crippen molar-refractivity contribution in [2.45, 2.75) is 46.1 Å². The maximum absolute atomic E-state index is 11.7. The molecule has 29 heavy (non-hydrogen) atoms. The van der Waals surface area contributed by atoms with Crippen LogP contribution in [0.2, 0.25) is 5.15 Å². The van der Waals surface area contributed by atoms with Gasteiger partial charge in [0.1, 0.15) is 5.60 Å². The fraction of sp³-hybridized carbons (Fsp3) is 0.400. The number of nitrogens with two attached hydrogens (primary N) is 1. The van der Waals surface area contributed by atoms with Gasteiger partial charge in [0.15, 0.2) is 16.7 Å². The van der Waals surface area contributed by atoms with Gasteiger partial charge in [-0.2, -0.15) is 0 Å². The normalized spacial score (nSPS) is 11.1. The van der Waals surface area contributed by atoms with E-state index in [-0.39, 0.29) is 16.7 Å². The molecule has 156 valence electrons. The zero-order valence-corrected chi connectivity index (χ0v) is 17.8. The number of carbonyl (C=O) groups excluding carboxylic acids is 2. The van der Waals surface area contributed by atoms with Crippen molar-refractivity contribution < 1.29 is 14.3 Å². The van der Waals surface area contributed by atoms with Gasteiger partial charge in [0, 0.05) is 12.2 Å². The Bertz CT molecular complexity index is 896. The number of rotatable bonds is 7. The highest BCUT2D eigenvalue weighted by Crippen LogP contribution is 2.23. The Hall–Kier alpha value is -2.87. The van der Waals surface area contributed by atoms with E-state index in [2.05, 4.69) is 20.6 Å². The molecule has 8 nitrogen and oxygen atoms in total. The number of halogens is 1. The molecule has 1 heterocycles. The number of aromatic nitrogens is 2. The smallest absolute Gasteiger partial charge is 0.407 e. The van der Waals surface area contributed by atoms with E-state index in [1.54, 1.807) is 0 Å². The van der Waals surface area contributed by atoms with Gasteiger partial charge in [0.05, 0.1) is 5.69 Å². The van der Waals surface area contributed by atoms with Crippen molar-refractivity contribution >= 4 is 35.1 Å². The number of aryl methyl sites for hydroxylation is 1. The number of anilines is 2. The third kappa shape index (κ3) is 6.90. The molecule has 0 fully saturated rings. The van der Waals surface area contributed by atoms with Crippen LogP contribution in [-0.2, 0) is 17.6 Å². The Labute approximate surface area is 175 Å². The number of hydrogen-bond acceptors (Lipinski definition) is 6. The third-order valence-electron chi connectivity index (χ3n) is 3.76. The van der Waals surface area contributed by atoms with E-state index in [4.69, 9.17) is 22.1 Å². The van der Waals surface area contributed by atoms with Gasteiger partial charge in [-0.25, -0.2) is 14.8 Å². The highest BCUT2D eigenvalue weighted by atomic mass is 35.5. The average Bonchev–Trinajstić information content (AvgIpc) is 2.60. The van der Waals surface area contributed by atoms with Gasteiger partial charge in [-0.05, 0) is 51.3 Å². The molecule has 0 radical (unpaired) electrons. The van der Waals surface area contributed by atoms with E-state index in [0.29, 0.717) is 30.8 Å². The summed E-state index contributed by atoms with van der Waals surface area (Å²) in [7, 11) is 0. The Morgan fingerprint density at radius 2 is 1.97 bits per heavy atom. The lowest BCUT2D eigenvalue weighted by molar-refractivity contribution is 0.0528. The number of primary amides is 1. The largest absolute Gasteiger partial charge is 0.444 e. The summed E-state index contributed by atoms with van der Waals surface area (Å²) < 4.78 is 5.21. The number of nitrogens with zero attached hydrogens (tertiary/aromatic N) is 2. The highest BCUT2D eigenvalue weighted by Gasteiger charge is 2.17. The Morgan fingerprint density at radius 3 is 2.59 bits per heavy atom. The predicted molar refractivity (Wildman–Crippen MR) is 113 cm³/mol. The van der Waals surface area contributed by atoms with Crippen molar-refractivity contribution in [3.8, 4) is 0 Å². The van der Waals surface area contributed by atoms with E-state index in [0.717, 1.165) is 5.56 Å². The van der Waals surface area contributed by atoms with E-state index >= 15 is 0 Å². The fourth-order valence-corrected chi connectivity index (χ4v) is 2.76. The summed E-state index contributed by atoms with van der Waals surface area (Å²) in [5, 5.41) is 5.98. The first-order valence-corrected chi connectivity index (χ1v) is 9.66. The number of amides is 2. The van der Waals surface area contributed by atoms with Crippen LogP contribution in [-0.4, -0.2) is 34.1 Å². The van der Waals surface area contributed by atoms with E-state index in [9.17, 15) is 9.59 Å². The molecule has 2 rings (SSSR count). The molecule has 1 aromatic carbocycles. The molecule has 0 unspecified atom stereocenters. The summed E-state index contributed by atoms with van der Waals surface area (Å²) in [6.07, 6.45) is 0.671. The van der Waals surface area contributed by atoms with Crippen LogP contribution in [0.1, 0.15) is 49.4 Å². The number of alkyl carbamates (subject to hydrolysis) is 1. The first kappa shape index (κ1) is 22.4. The van der Waals surface area contributed by atoms with Gasteiger partial charge in [0.25, 0.3) is 5.91 Å². The van der Waals surface area contributed by atoms with E-state index in [1.165, 1.54) is 0 Å². The maximum Gasteiger partial charge on any atom is 0.407 e. The number of nitrogens with one attached hydrogen (secondary N) is 2. The van der Waals surface area contributed by atoms with Crippen LogP contribution >= 0.6 is 11.6 Å². The molecule has 0 bridgehead atoms. The van der Waals surface area contributed by atoms with Crippen molar-refractivity contribution in [3.63, 3.8) is 0 Å². The highest BCUT2D eigenvalue weighted by molar-refractivity contribution is 6.30. The zero-order valence-electron chi connectivity index (χ0n) is 17.0. The maximum atomic E-state index is 11.7. The summed E-state index contributed by atoms with van der Waals surface area (Å²) >= 11 is 6.13. The second-order valence-corrected chi connectivity index (χ2v) is 7.74. The molecule has 0 aliphatic carbocycles. The Balaban J connectivity index is 2.08. The quantitative estimate of drug-likeness (QED) is 0.630.